The molecule has 3 aliphatic carbocycles. The van der Waals surface area contributed by atoms with Crippen LogP contribution in [0.3, 0.4) is 0 Å². The maximum Gasteiger partial charge on any atom is 0.0468 e. The van der Waals surface area contributed by atoms with Gasteiger partial charge in [-0.2, -0.15) is 0 Å². The van der Waals surface area contributed by atoms with E-state index >= 15 is 0 Å². The molecule has 71 heavy (non-hydrogen) atoms. The van der Waals surface area contributed by atoms with Gasteiger partial charge in [0.2, 0.25) is 0 Å². The van der Waals surface area contributed by atoms with E-state index in [0.29, 0.717) is 5.92 Å². The largest absolute Gasteiger partial charge is 0.311 e. The number of aryl methyl sites for hydroxylation is 1. The molecule has 3 aliphatic rings. The Morgan fingerprint density at radius 1 is 0.380 bits per heavy atom. The van der Waals surface area contributed by atoms with Crippen molar-refractivity contribution in [1.82, 2.24) is 0 Å². The third-order valence-corrected chi connectivity index (χ3v) is 14.4. The number of hydrogen-bond acceptors (Lipinski definition) is 4. The number of nitrogens with zero attached hydrogens (tertiary/aromatic N) is 4. The number of fused-ring (bicyclic) bond motifs is 3. The van der Waals surface area contributed by atoms with Crippen molar-refractivity contribution in [2.45, 2.75) is 32.6 Å². The van der Waals surface area contributed by atoms with Gasteiger partial charge in [0.1, 0.15) is 0 Å². The van der Waals surface area contributed by atoms with Crippen LogP contribution in [0.1, 0.15) is 30.9 Å². The molecule has 0 radical (unpaired) electrons. The zero-order chi connectivity index (χ0) is 47.5. The number of hydrogen-bond donors (Lipinski definition) is 0. The van der Waals surface area contributed by atoms with E-state index in [1.807, 2.05) is 0 Å². The Kier molecular flexibility index (Phi) is 11.9. The minimum absolute atomic E-state index is 0.420. The van der Waals surface area contributed by atoms with Crippen molar-refractivity contribution in [2.75, 3.05) is 19.6 Å². The van der Waals surface area contributed by atoms with Gasteiger partial charge in [0, 0.05) is 74.2 Å². The quantitative estimate of drug-likeness (QED) is 0.121. The van der Waals surface area contributed by atoms with Crippen molar-refractivity contribution in [2.24, 2.45) is 11.8 Å². The summed E-state index contributed by atoms with van der Waals surface area (Å²) in [6.45, 7) is 2.37. The first-order valence-electron chi connectivity index (χ1n) is 25.1. The first kappa shape index (κ1) is 43.7. The van der Waals surface area contributed by atoms with Gasteiger partial charge in [0.05, 0.1) is 0 Å². The molecule has 0 N–H and O–H groups in total. The first-order valence-corrected chi connectivity index (χ1v) is 25.1. The fourth-order valence-corrected chi connectivity index (χ4v) is 10.8. The van der Waals surface area contributed by atoms with Crippen LogP contribution in [0.5, 0.6) is 0 Å². The van der Waals surface area contributed by atoms with Gasteiger partial charge in [-0.1, -0.05) is 128 Å². The van der Waals surface area contributed by atoms with Crippen molar-refractivity contribution >= 4 is 73.3 Å². The predicted molar refractivity (Wildman–Crippen MR) is 300 cm³/mol. The van der Waals surface area contributed by atoms with Gasteiger partial charge >= 0.3 is 0 Å². The highest BCUT2D eigenvalue weighted by atomic mass is 15.2. The van der Waals surface area contributed by atoms with Crippen molar-refractivity contribution in [3.63, 3.8) is 0 Å². The lowest BCUT2D eigenvalue weighted by molar-refractivity contribution is 0.501. The molecule has 4 heteroatoms. The highest BCUT2D eigenvalue weighted by Gasteiger charge is 2.24. The number of para-hydroxylation sites is 3. The molecule has 0 heterocycles. The Hall–Kier alpha value is -8.60. The number of benzene rings is 9. The van der Waals surface area contributed by atoms with Crippen molar-refractivity contribution in [3.05, 3.63) is 283 Å². The van der Waals surface area contributed by atoms with E-state index in [0.717, 1.165) is 82.1 Å². The SMILES string of the molecule is CC1CCc2cc(N(c3ccccc3)c3ccc(N(c4ccc(N(C5=CCC6C=CC=CC6=C5)c5ccccc5)cc4)c4ccc(N(c5ccccc5)c5ccc6ccccc6c5)cc4)cc3)ccc2C1. The standard InChI is InChI=1S/C67H56N4/c1-49-25-26-55-48-67(32-29-54(55)45-49)71(58-23-9-4-10-24-58)64-43-37-61(38-44-64)68(59-33-39-62(40-34-59)69(56-19-5-2-6-20-56)65-30-27-50-15-11-13-17-52(50)46-65)60-35-41-63(42-36-60)70(57-21-7-3-8-22-57)66-31-28-51-16-12-14-18-53(51)47-66/h2-24,27,29-44,46-49,51H,25-26,28,45H2,1H3. The maximum atomic E-state index is 2.42. The van der Waals surface area contributed by atoms with Gasteiger partial charge in [0.15, 0.2) is 0 Å². The van der Waals surface area contributed by atoms with Gasteiger partial charge in [-0.25, -0.2) is 0 Å². The zero-order valence-electron chi connectivity index (χ0n) is 40.1. The second kappa shape index (κ2) is 19.4. The van der Waals surface area contributed by atoms with E-state index in [1.165, 1.54) is 45.3 Å². The van der Waals surface area contributed by atoms with Crippen molar-refractivity contribution < 1.29 is 0 Å². The molecule has 0 fully saturated rings. The van der Waals surface area contributed by atoms with Crippen LogP contribution in [0.15, 0.2) is 272 Å². The molecule has 0 bridgehead atoms. The molecule has 9 aromatic rings. The van der Waals surface area contributed by atoms with Gasteiger partial charge in [-0.3, -0.25) is 0 Å². The molecule has 0 amide bonds. The van der Waals surface area contributed by atoms with Crippen molar-refractivity contribution in [1.29, 1.82) is 0 Å². The van der Waals surface area contributed by atoms with E-state index < -0.39 is 0 Å². The Bertz CT molecular complexity index is 3430. The second-order valence-electron chi connectivity index (χ2n) is 19.1. The number of allylic oxidation sites excluding steroid dienone is 7. The fraction of sp³-hybridized carbons (Fsp3) is 0.104. The topological polar surface area (TPSA) is 13.0 Å². The Morgan fingerprint density at radius 3 is 1.38 bits per heavy atom. The van der Waals surface area contributed by atoms with E-state index in [2.05, 4.69) is 287 Å². The van der Waals surface area contributed by atoms with Crippen LogP contribution in [0.2, 0.25) is 0 Å². The average Bonchev–Trinajstić information content (AvgIpc) is 3.43. The summed E-state index contributed by atoms with van der Waals surface area (Å²) >= 11 is 0. The van der Waals surface area contributed by atoms with Gasteiger partial charge < -0.3 is 19.6 Å². The zero-order valence-corrected chi connectivity index (χ0v) is 40.1. The van der Waals surface area contributed by atoms with Gasteiger partial charge in [-0.15, -0.1) is 0 Å². The van der Waals surface area contributed by atoms with Crippen molar-refractivity contribution in [3.8, 4) is 0 Å². The van der Waals surface area contributed by atoms with Gasteiger partial charge in [0.25, 0.3) is 0 Å². The number of rotatable bonds is 12. The summed E-state index contributed by atoms with van der Waals surface area (Å²) < 4.78 is 0. The first-order chi connectivity index (χ1) is 35.1. The molecule has 0 aliphatic heterocycles. The Balaban J connectivity index is 0.944. The third-order valence-electron chi connectivity index (χ3n) is 14.4. The fourth-order valence-electron chi connectivity index (χ4n) is 10.8. The minimum atomic E-state index is 0.420. The van der Waals surface area contributed by atoms with Crippen LogP contribution in [-0.4, -0.2) is 0 Å². The lowest BCUT2D eigenvalue weighted by atomic mass is 9.85. The number of anilines is 11. The lowest BCUT2D eigenvalue weighted by Crippen LogP contribution is -2.19. The van der Waals surface area contributed by atoms with Crippen LogP contribution in [0, 0.1) is 11.8 Å². The van der Waals surface area contributed by atoms with Crippen LogP contribution in [-0.2, 0) is 12.8 Å². The highest BCUT2D eigenvalue weighted by Crippen LogP contribution is 2.44. The summed E-state index contributed by atoms with van der Waals surface area (Å²) in [6, 6.07) is 81.8. The maximum absolute atomic E-state index is 2.42. The molecule has 0 saturated carbocycles. The Morgan fingerprint density at radius 2 is 0.817 bits per heavy atom. The second-order valence-corrected chi connectivity index (χ2v) is 19.1. The molecular weight excluding hydrogens is 861 g/mol. The molecule has 2 atom stereocenters. The molecule has 4 nitrogen and oxygen atoms in total. The van der Waals surface area contributed by atoms with E-state index in [-0.39, 0.29) is 0 Å². The van der Waals surface area contributed by atoms with E-state index in [4.69, 9.17) is 0 Å². The Labute approximate surface area is 418 Å². The predicted octanol–water partition coefficient (Wildman–Crippen LogP) is 18.5. The molecule has 0 spiro atoms. The summed E-state index contributed by atoms with van der Waals surface area (Å²) in [5.74, 6) is 1.15. The molecule has 0 saturated heterocycles. The van der Waals surface area contributed by atoms with Crippen LogP contribution in [0.4, 0.5) is 62.6 Å². The van der Waals surface area contributed by atoms with Crippen LogP contribution in [0.25, 0.3) is 10.8 Å². The van der Waals surface area contributed by atoms with Gasteiger partial charge in [-0.05, 0) is 199 Å². The van der Waals surface area contributed by atoms with E-state index in [1.54, 1.807) is 0 Å². The summed E-state index contributed by atoms with van der Waals surface area (Å²) in [7, 11) is 0. The highest BCUT2D eigenvalue weighted by molar-refractivity contribution is 5.90. The monoisotopic (exact) mass is 916 g/mol. The lowest BCUT2D eigenvalue weighted by Gasteiger charge is -2.32. The molecular formula is C67H56N4. The normalized spacial score (nSPS) is 15.8. The summed E-state index contributed by atoms with van der Waals surface area (Å²) in [5.41, 5.74) is 17.7. The molecule has 2 unspecified atom stereocenters. The summed E-state index contributed by atoms with van der Waals surface area (Å²) in [4.78, 5) is 9.51. The average molecular weight is 917 g/mol. The molecule has 12 rings (SSSR count). The van der Waals surface area contributed by atoms with Crippen LogP contribution < -0.4 is 19.6 Å². The summed E-state index contributed by atoms with van der Waals surface area (Å²) in [6.07, 6.45) is 18.1. The summed E-state index contributed by atoms with van der Waals surface area (Å²) in [5, 5.41) is 2.44. The molecule has 9 aromatic carbocycles. The molecule has 344 valence electrons. The van der Waals surface area contributed by atoms with Crippen LogP contribution >= 0.6 is 0 Å². The smallest absolute Gasteiger partial charge is 0.0468 e. The molecule has 0 aromatic heterocycles. The minimum Gasteiger partial charge on any atom is -0.311 e. The van der Waals surface area contributed by atoms with E-state index in [9.17, 15) is 0 Å². The third kappa shape index (κ3) is 8.97.